The first-order valence-electron chi connectivity index (χ1n) is 11.9. The van der Waals surface area contributed by atoms with Crippen LogP contribution in [0.15, 0.2) is 79.4 Å². The molecule has 196 valence electrons. The first-order valence-corrected chi connectivity index (χ1v) is 11.9. The second-order valence-corrected chi connectivity index (χ2v) is 7.53. The van der Waals surface area contributed by atoms with E-state index >= 15 is 0 Å². The van der Waals surface area contributed by atoms with Crippen molar-refractivity contribution in [1.29, 1.82) is 0 Å². The summed E-state index contributed by atoms with van der Waals surface area (Å²) < 4.78 is 32.6. The van der Waals surface area contributed by atoms with E-state index in [0.29, 0.717) is 44.5 Å². The van der Waals surface area contributed by atoms with Crippen molar-refractivity contribution in [3.63, 3.8) is 0 Å². The highest BCUT2D eigenvalue weighted by Gasteiger charge is 2.10. The Balaban J connectivity index is 1.36. The van der Waals surface area contributed by atoms with Crippen molar-refractivity contribution in [3.8, 4) is 17.2 Å². The van der Waals surface area contributed by atoms with Crippen molar-refractivity contribution in [2.45, 2.75) is 0 Å². The molecule has 3 aromatic carbocycles. The number of carbonyl (C=O) groups excluding carboxylic acids is 2. The van der Waals surface area contributed by atoms with Gasteiger partial charge in [0, 0.05) is 23.4 Å². The SMILES string of the molecule is C=CC(=O)OCCOCCOCCNC(=O)Oc1cccc2c(OCCOc3ccccc3)cccc12. The van der Waals surface area contributed by atoms with Crippen molar-refractivity contribution < 1.29 is 38.0 Å². The standard InChI is InChI=1S/C28H31NO8/c1-2-27(30)36-19-18-33-17-16-32-15-14-29-28(31)37-26-13-7-10-23-24(26)11-6-12-25(23)35-21-20-34-22-8-4-3-5-9-22/h2-13H,1,14-21H2,(H,29,31). The van der Waals surface area contributed by atoms with Gasteiger partial charge in [-0.05, 0) is 24.3 Å². The van der Waals surface area contributed by atoms with E-state index in [1.54, 1.807) is 12.1 Å². The van der Waals surface area contributed by atoms with E-state index in [0.717, 1.165) is 22.6 Å². The summed E-state index contributed by atoms with van der Waals surface area (Å²) in [5.74, 6) is 1.40. The number of ether oxygens (including phenoxy) is 6. The monoisotopic (exact) mass is 509 g/mol. The Morgan fingerprint density at radius 2 is 1.35 bits per heavy atom. The topological polar surface area (TPSA) is 102 Å². The van der Waals surface area contributed by atoms with Crippen molar-refractivity contribution in [2.75, 3.05) is 52.8 Å². The number of amides is 1. The molecule has 0 atom stereocenters. The molecule has 0 aromatic heterocycles. The zero-order valence-corrected chi connectivity index (χ0v) is 20.6. The summed E-state index contributed by atoms with van der Waals surface area (Å²) in [5, 5.41) is 4.24. The first-order chi connectivity index (χ1) is 18.2. The minimum Gasteiger partial charge on any atom is -0.490 e. The maximum absolute atomic E-state index is 12.3. The number of para-hydroxylation sites is 1. The number of esters is 1. The molecular formula is C28H31NO8. The van der Waals surface area contributed by atoms with Crippen LogP contribution in [0.2, 0.25) is 0 Å². The number of hydrogen-bond donors (Lipinski definition) is 1. The molecule has 37 heavy (non-hydrogen) atoms. The molecule has 0 spiro atoms. The molecule has 0 saturated carbocycles. The number of hydrogen-bond acceptors (Lipinski definition) is 8. The van der Waals surface area contributed by atoms with Gasteiger partial charge in [-0.3, -0.25) is 0 Å². The van der Waals surface area contributed by atoms with Crippen LogP contribution in [0.4, 0.5) is 4.79 Å². The summed E-state index contributed by atoms with van der Waals surface area (Å²) in [6, 6.07) is 20.6. The third kappa shape index (κ3) is 9.83. The average molecular weight is 510 g/mol. The molecule has 0 saturated heterocycles. The largest absolute Gasteiger partial charge is 0.490 e. The predicted molar refractivity (Wildman–Crippen MR) is 138 cm³/mol. The van der Waals surface area contributed by atoms with Crippen LogP contribution in [0, 0.1) is 0 Å². The molecule has 1 N–H and O–H groups in total. The molecule has 0 aliphatic heterocycles. The number of rotatable bonds is 16. The van der Waals surface area contributed by atoms with Gasteiger partial charge in [-0.25, -0.2) is 9.59 Å². The smallest absolute Gasteiger partial charge is 0.412 e. The summed E-state index contributed by atoms with van der Waals surface area (Å²) in [5.41, 5.74) is 0. The Morgan fingerprint density at radius 1 is 0.703 bits per heavy atom. The lowest BCUT2D eigenvalue weighted by molar-refractivity contribution is -0.139. The Bertz CT molecular complexity index is 1140. The Hall–Kier alpha value is -4.08. The Morgan fingerprint density at radius 3 is 2.11 bits per heavy atom. The van der Waals surface area contributed by atoms with Gasteiger partial charge >= 0.3 is 12.1 Å². The molecule has 9 heteroatoms. The molecule has 0 heterocycles. The lowest BCUT2D eigenvalue weighted by Gasteiger charge is -2.13. The highest BCUT2D eigenvalue weighted by molar-refractivity contribution is 5.94. The van der Waals surface area contributed by atoms with E-state index in [2.05, 4.69) is 11.9 Å². The van der Waals surface area contributed by atoms with Crippen LogP contribution in [-0.4, -0.2) is 64.9 Å². The van der Waals surface area contributed by atoms with E-state index in [-0.39, 0.29) is 19.8 Å². The van der Waals surface area contributed by atoms with Crippen molar-refractivity contribution in [1.82, 2.24) is 5.32 Å². The first kappa shape index (κ1) is 27.5. The highest BCUT2D eigenvalue weighted by atomic mass is 16.6. The van der Waals surface area contributed by atoms with Crippen LogP contribution in [0.5, 0.6) is 17.2 Å². The third-order valence-corrected chi connectivity index (χ3v) is 4.92. The molecule has 0 unspecified atom stereocenters. The fraction of sp³-hybridized carbons (Fsp3) is 0.286. The van der Waals surface area contributed by atoms with E-state index < -0.39 is 12.1 Å². The summed E-state index contributed by atoms with van der Waals surface area (Å²) in [6.45, 7) is 5.76. The molecule has 3 rings (SSSR count). The molecular weight excluding hydrogens is 478 g/mol. The van der Waals surface area contributed by atoms with Crippen LogP contribution < -0.4 is 19.5 Å². The van der Waals surface area contributed by atoms with Gasteiger partial charge in [-0.1, -0.05) is 49.0 Å². The zero-order valence-electron chi connectivity index (χ0n) is 20.6. The second-order valence-electron chi connectivity index (χ2n) is 7.53. The van der Waals surface area contributed by atoms with Crippen LogP contribution in [0.3, 0.4) is 0 Å². The van der Waals surface area contributed by atoms with Crippen LogP contribution in [-0.2, 0) is 19.0 Å². The van der Waals surface area contributed by atoms with Gasteiger partial charge in [0.15, 0.2) is 0 Å². The maximum Gasteiger partial charge on any atom is 0.412 e. The Labute approximate surface area is 215 Å². The number of nitrogens with one attached hydrogen (secondary N) is 1. The van der Waals surface area contributed by atoms with Gasteiger partial charge < -0.3 is 33.7 Å². The predicted octanol–water partition coefficient (Wildman–Crippen LogP) is 4.15. The maximum atomic E-state index is 12.3. The summed E-state index contributed by atoms with van der Waals surface area (Å²) in [7, 11) is 0. The lowest BCUT2D eigenvalue weighted by atomic mass is 10.1. The quantitative estimate of drug-likeness (QED) is 0.175. The van der Waals surface area contributed by atoms with Gasteiger partial charge in [0.25, 0.3) is 0 Å². The van der Waals surface area contributed by atoms with E-state index in [9.17, 15) is 9.59 Å². The normalized spacial score (nSPS) is 10.5. The molecule has 0 aliphatic rings. The minimum absolute atomic E-state index is 0.155. The molecule has 0 bridgehead atoms. The van der Waals surface area contributed by atoms with Gasteiger partial charge in [-0.15, -0.1) is 0 Å². The van der Waals surface area contributed by atoms with Gasteiger partial charge in [0.05, 0.1) is 26.4 Å². The van der Waals surface area contributed by atoms with E-state index in [4.69, 9.17) is 28.4 Å². The van der Waals surface area contributed by atoms with Gasteiger partial charge in [0.2, 0.25) is 0 Å². The number of fused-ring (bicyclic) bond motifs is 1. The molecule has 0 fully saturated rings. The molecule has 1 amide bonds. The summed E-state index contributed by atoms with van der Waals surface area (Å²) >= 11 is 0. The number of carbonyl (C=O) groups is 2. The van der Waals surface area contributed by atoms with Crippen molar-refractivity contribution in [3.05, 3.63) is 79.4 Å². The fourth-order valence-electron chi connectivity index (χ4n) is 3.24. The number of benzene rings is 3. The van der Waals surface area contributed by atoms with E-state index in [1.165, 1.54) is 0 Å². The average Bonchev–Trinajstić information content (AvgIpc) is 2.92. The summed E-state index contributed by atoms with van der Waals surface area (Å²) in [4.78, 5) is 23.1. The van der Waals surface area contributed by atoms with Crippen molar-refractivity contribution in [2.24, 2.45) is 0 Å². The third-order valence-electron chi connectivity index (χ3n) is 4.92. The van der Waals surface area contributed by atoms with Gasteiger partial charge in [0.1, 0.15) is 37.1 Å². The second kappa shape index (κ2) is 15.8. The van der Waals surface area contributed by atoms with E-state index in [1.807, 2.05) is 54.6 Å². The minimum atomic E-state index is -0.584. The summed E-state index contributed by atoms with van der Waals surface area (Å²) in [6.07, 6.45) is 0.511. The molecule has 0 aliphatic carbocycles. The highest BCUT2D eigenvalue weighted by Crippen LogP contribution is 2.32. The molecule has 3 aromatic rings. The Kier molecular flexibility index (Phi) is 11.8. The molecule has 9 nitrogen and oxygen atoms in total. The lowest BCUT2D eigenvalue weighted by Crippen LogP contribution is -2.30. The van der Waals surface area contributed by atoms with Crippen LogP contribution in [0.25, 0.3) is 10.8 Å². The van der Waals surface area contributed by atoms with Gasteiger partial charge in [-0.2, -0.15) is 0 Å². The van der Waals surface area contributed by atoms with Crippen LogP contribution >= 0.6 is 0 Å². The zero-order chi connectivity index (χ0) is 26.1. The molecule has 0 radical (unpaired) electrons. The van der Waals surface area contributed by atoms with Crippen molar-refractivity contribution >= 4 is 22.8 Å². The fourth-order valence-corrected chi connectivity index (χ4v) is 3.24. The van der Waals surface area contributed by atoms with Crippen LogP contribution in [0.1, 0.15) is 0 Å².